The number of anilines is 1. The van der Waals surface area contributed by atoms with Crippen molar-refractivity contribution in [1.29, 1.82) is 0 Å². The van der Waals surface area contributed by atoms with Crippen molar-refractivity contribution in [2.75, 3.05) is 25.0 Å². The molecule has 0 fully saturated rings. The summed E-state index contributed by atoms with van der Waals surface area (Å²) in [4.78, 5) is 25.5. The van der Waals surface area contributed by atoms with Crippen molar-refractivity contribution < 1.29 is 32.6 Å². The average molecular weight is 396 g/mol. The van der Waals surface area contributed by atoms with Crippen LogP contribution < -0.4 is 10.1 Å². The van der Waals surface area contributed by atoms with E-state index in [-0.39, 0.29) is 23.7 Å². The zero-order valence-corrected chi connectivity index (χ0v) is 15.0. The Labute approximate surface area is 159 Å². The van der Waals surface area contributed by atoms with E-state index in [0.717, 1.165) is 17.0 Å². The van der Waals surface area contributed by atoms with Gasteiger partial charge in [-0.1, -0.05) is 24.3 Å². The third-order valence-electron chi connectivity index (χ3n) is 3.79. The number of carbonyl (C=O) groups excluding carboxylic acids is 2. The van der Waals surface area contributed by atoms with Crippen LogP contribution in [0.3, 0.4) is 0 Å². The molecule has 0 bridgehead atoms. The number of para-hydroxylation sites is 3. The first kappa shape index (κ1) is 21.1. The van der Waals surface area contributed by atoms with E-state index in [9.17, 15) is 27.9 Å². The highest BCUT2D eigenvalue weighted by Gasteiger charge is 2.33. The van der Waals surface area contributed by atoms with E-state index in [1.165, 1.54) is 24.3 Å². The van der Waals surface area contributed by atoms with Gasteiger partial charge in [0.2, 0.25) is 5.91 Å². The minimum absolute atomic E-state index is 0.107. The fraction of sp³-hybridized carbons (Fsp3) is 0.263. The van der Waals surface area contributed by atoms with Crippen molar-refractivity contribution in [2.45, 2.75) is 13.1 Å². The Balaban J connectivity index is 1.98. The fourth-order valence-corrected chi connectivity index (χ4v) is 2.39. The zero-order valence-electron chi connectivity index (χ0n) is 15.0. The van der Waals surface area contributed by atoms with Gasteiger partial charge in [0.25, 0.3) is 5.91 Å². The summed E-state index contributed by atoms with van der Waals surface area (Å²) in [6.07, 6.45) is -4.62. The lowest BCUT2D eigenvalue weighted by molar-refractivity contribution is -0.138. The molecule has 150 valence electrons. The molecule has 0 spiro atoms. The van der Waals surface area contributed by atoms with Gasteiger partial charge >= 0.3 is 6.18 Å². The van der Waals surface area contributed by atoms with Gasteiger partial charge in [0.1, 0.15) is 0 Å². The maximum absolute atomic E-state index is 13.0. The molecule has 0 saturated carbocycles. The summed E-state index contributed by atoms with van der Waals surface area (Å²) in [6.45, 7) is 0.898. The number of carbonyl (C=O) groups is 2. The van der Waals surface area contributed by atoms with E-state index in [1.807, 2.05) is 0 Å². The van der Waals surface area contributed by atoms with E-state index in [1.54, 1.807) is 19.1 Å². The van der Waals surface area contributed by atoms with Crippen LogP contribution >= 0.6 is 0 Å². The lowest BCUT2D eigenvalue weighted by atomic mass is 10.1. The number of nitrogens with one attached hydrogen (secondary N) is 1. The van der Waals surface area contributed by atoms with Gasteiger partial charge in [-0.05, 0) is 31.2 Å². The molecule has 28 heavy (non-hydrogen) atoms. The molecule has 0 aromatic heterocycles. The third-order valence-corrected chi connectivity index (χ3v) is 3.79. The molecular weight excluding hydrogens is 377 g/mol. The molecule has 0 radical (unpaired) electrons. The molecule has 0 aliphatic carbocycles. The van der Waals surface area contributed by atoms with Gasteiger partial charge in [-0.2, -0.15) is 13.2 Å². The van der Waals surface area contributed by atoms with Crippen LogP contribution in [0.5, 0.6) is 11.5 Å². The first-order chi connectivity index (χ1) is 13.2. The molecule has 0 aliphatic rings. The number of rotatable bonds is 7. The van der Waals surface area contributed by atoms with Gasteiger partial charge in [-0.25, -0.2) is 0 Å². The molecule has 0 heterocycles. The van der Waals surface area contributed by atoms with E-state index < -0.39 is 36.7 Å². The van der Waals surface area contributed by atoms with Crippen molar-refractivity contribution in [3.05, 3.63) is 54.1 Å². The standard InChI is InChI=1S/C19H19F3N2O4/c1-2-24(18(27)12-28-16-10-6-5-9-15(16)25)11-17(26)23-14-8-4-3-7-13(14)19(20,21)22/h3-10,25H,2,11-12H2,1H3,(H,23,26). The number of aromatic hydroxyl groups is 1. The number of phenols is 1. The number of ether oxygens (including phenoxy) is 1. The van der Waals surface area contributed by atoms with E-state index >= 15 is 0 Å². The lowest BCUT2D eigenvalue weighted by Crippen LogP contribution is -2.40. The Morgan fingerprint density at radius 3 is 2.39 bits per heavy atom. The second-order valence-electron chi connectivity index (χ2n) is 5.76. The van der Waals surface area contributed by atoms with Crippen LogP contribution in [0.15, 0.2) is 48.5 Å². The predicted molar refractivity (Wildman–Crippen MR) is 95.9 cm³/mol. The van der Waals surface area contributed by atoms with Gasteiger partial charge in [0.05, 0.1) is 17.8 Å². The Kier molecular flexibility index (Phi) is 6.86. The van der Waals surface area contributed by atoms with Crippen molar-refractivity contribution in [1.82, 2.24) is 4.90 Å². The van der Waals surface area contributed by atoms with Crippen LogP contribution in [-0.4, -0.2) is 41.5 Å². The first-order valence-electron chi connectivity index (χ1n) is 8.37. The molecule has 2 aromatic rings. The number of likely N-dealkylation sites (N-methyl/N-ethyl adjacent to an activating group) is 1. The molecule has 2 N–H and O–H groups in total. The van der Waals surface area contributed by atoms with Crippen molar-refractivity contribution >= 4 is 17.5 Å². The van der Waals surface area contributed by atoms with Crippen LogP contribution in [0.1, 0.15) is 12.5 Å². The van der Waals surface area contributed by atoms with Crippen LogP contribution in [-0.2, 0) is 15.8 Å². The molecule has 2 amide bonds. The summed E-state index contributed by atoms with van der Waals surface area (Å²) in [5.41, 5.74) is -1.35. The van der Waals surface area contributed by atoms with Gasteiger partial charge in [-0.15, -0.1) is 0 Å². The molecule has 2 aromatic carbocycles. The van der Waals surface area contributed by atoms with Crippen LogP contribution in [0.4, 0.5) is 18.9 Å². The van der Waals surface area contributed by atoms with Crippen LogP contribution in [0.25, 0.3) is 0 Å². The number of amides is 2. The van der Waals surface area contributed by atoms with Gasteiger partial charge in [0.15, 0.2) is 18.1 Å². The summed E-state index contributed by atoms with van der Waals surface area (Å²) in [5, 5.41) is 11.8. The van der Waals surface area contributed by atoms with Crippen molar-refractivity contribution in [3.63, 3.8) is 0 Å². The number of phenolic OH excluding ortho intramolecular Hbond substituents is 1. The van der Waals surface area contributed by atoms with Crippen LogP contribution in [0, 0.1) is 0 Å². The highest BCUT2D eigenvalue weighted by molar-refractivity contribution is 5.95. The molecule has 0 aliphatic heterocycles. The Hall–Kier alpha value is -3.23. The third kappa shape index (κ3) is 5.63. The number of nitrogens with zero attached hydrogens (tertiary/aromatic N) is 1. The number of benzene rings is 2. The Morgan fingerprint density at radius 1 is 1.11 bits per heavy atom. The van der Waals surface area contributed by atoms with E-state index in [2.05, 4.69) is 5.32 Å². The Bertz CT molecular complexity index is 840. The summed E-state index contributed by atoms with van der Waals surface area (Å²) in [6, 6.07) is 10.7. The number of alkyl halides is 3. The molecule has 2 rings (SSSR count). The predicted octanol–water partition coefficient (Wildman–Crippen LogP) is 3.28. The molecular formula is C19H19F3N2O4. The Morgan fingerprint density at radius 2 is 1.75 bits per heavy atom. The maximum Gasteiger partial charge on any atom is 0.418 e. The molecule has 6 nitrogen and oxygen atoms in total. The largest absolute Gasteiger partial charge is 0.504 e. The summed E-state index contributed by atoms with van der Waals surface area (Å²) >= 11 is 0. The summed E-state index contributed by atoms with van der Waals surface area (Å²) in [5.74, 6) is -1.35. The van der Waals surface area contributed by atoms with Crippen molar-refractivity contribution in [2.24, 2.45) is 0 Å². The molecule has 0 saturated heterocycles. The maximum atomic E-state index is 13.0. The molecule has 9 heteroatoms. The van der Waals surface area contributed by atoms with Crippen LogP contribution in [0.2, 0.25) is 0 Å². The first-order valence-corrected chi connectivity index (χ1v) is 8.37. The highest BCUT2D eigenvalue weighted by atomic mass is 19.4. The number of halogens is 3. The van der Waals surface area contributed by atoms with E-state index in [0.29, 0.717) is 0 Å². The minimum atomic E-state index is -4.62. The normalized spacial score (nSPS) is 11.0. The SMILES string of the molecule is CCN(CC(=O)Nc1ccccc1C(F)(F)F)C(=O)COc1ccccc1O. The summed E-state index contributed by atoms with van der Waals surface area (Å²) < 4.78 is 44.2. The fourth-order valence-electron chi connectivity index (χ4n) is 2.39. The second kappa shape index (κ2) is 9.12. The van der Waals surface area contributed by atoms with Gasteiger partial charge < -0.3 is 20.1 Å². The quantitative estimate of drug-likeness (QED) is 0.753. The second-order valence-corrected chi connectivity index (χ2v) is 5.76. The average Bonchev–Trinajstić information content (AvgIpc) is 2.64. The molecule has 0 atom stereocenters. The van der Waals surface area contributed by atoms with Gasteiger partial charge in [0, 0.05) is 6.54 Å². The number of hydrogen-bond acceptors (Lipinski definition) is 4. The minimum Gasteiger partial charge on any atom is -0.504 e. The number of hydrogen-bond donors (Lipinski definition) is 2. The molecule has 0 unspecified atom stereocenters. The topological polar surface area (TPSA) is 78.9 Å². The van der Waals surface area contributed by atoms with Gasteiger partial charge in [-0.3, -0.25) is 9.59 Å². The smallest absolute Gasteiger partial charge is 0.418 e. The lowest BCUT2D eigenvalue weighted by Gasteiger charge is -2.21. The zero-order chi connectivity index (χ0) is 20.7. The highest BCUT2D eigenvalue weighted by Crippen LogP contribution is 2.34. The van der Waals surface area contributed by atoms with Crippen molar-refractivity contribution in [3.8, 4) is 11.5 Å². The monoisotopic (exact) mass is 396 g/mol. The van der Waals surface area contributed by atoms with E-state index in [4.69, 9.17) is 4.74 Å². The summed E-state index contributed by atoms with van der Waals surface area (Å²) in [7, 11) is 0.